The van der Waals surface area contributed by atoms with Crippen LogP contribution in [0.15, 0.2) is 47.1 Å². The summed E-state index contributed by atoms with van der Waals surface area (Å²) in [7, 11) is 5.74. The summed E-state index contributed by atoms with van der Waals surface area (Å²) in [6.07, 6.45) is 3.45. The second kappa shape index (κ2) is 11.7. The zero-order valence-corrected chi connectivity index (χ0v) is 26.2. The second-order valence-electron chi connectivity index (χ2n) is 11.5. The van der Waals surface area contributed by atoms with Gasteiger partial charge in [0.2, 0.25) is 0 Å². The van der Waals surface area contributed by atoms with E-state index in [4.69, 9.17) is 19.2 Å². The van der Waals surface area contributed by atoms with Crippen molar-refractivity contribution in [1.82, 2.24) is 35.3 Å². The first-order valence-electron chi connectivity index (χ1n) is 14.8. The van der Waals surface area contributed by atoms with Crippen LogP contribution < -0.4 is 10.1 Å². The maximum atomic E-state index is 13.5. The van der Waals surface area contributed by atoms with Gasteiger partial charge in [-0.1, -0.05) is 24.2 Å². The highest BCUT2D eigenvalue weighted by molar-refractivity contribution is 6.17. The van der Waals surface area contributed by atoms with Crippen LogP contribution in [0, 0.1) is 20.8 Å². The quantitative estimate of drug-likeness (QED) is 0.199. The molecule has 6 aromatic rings. The minimum atomic E-state index is -0.126. The third kappa shape index (κ3) is 5.15. The Labute approximate surface area is 255 Å². The largest absolute Gasteiger partial charge is 0.496 e. The molecule has 10 nitrogen and oxygen atoms in total. The van der Waals surface area contributed by atoms with E-state index in [1.54, 1.807) is 13.3 Å². The van der Waals surface area contributed by atoms with Crippen LogP contribution in [0.1, 0.15) is 47.4 Å². The summed E-state index contributed by atoms with van der Waals surface area (Å²) in [5.41, 5.74) is 6.98. The van der Waals surface area contributed by atoms with E-state index >= 15 is 0 Å². The Morgan fingerprint density at radius 2 is 1.91 bits per heavy atom. The van der Waals surface area contributed by atoms with E-state index in [1.807, 2.05) is 65.2 Å². The molecule has 0 aliphatic carbocycles. The van der Waals surface area contributed by atoms with Gasteiger partial charge >= 0.3 is 0 Å². The molecule has 0 fully saturated rings. The van der Waals surface area contributed by atoms with Gasteiger partial charge < -0.3 is 24.5 Å². The molecule has 10 heteroatoms. The minimum absolute atomic E-state index is 0.0731. The van der Waals surface area contributed by atoms with Gasteiger partial charge in [-0.05, 0) is 78.5 Å². The first-order valence-corrected chi connectivity index (χ1v) is 14.8. The number of aromatic amines is 1. The summed E-state index contributed by atoms with van der Waals surface area (Å²) in [6, 6.07) is 11.8. The number of amides is 1. The van der Waals surface area contributed by atoms with Gasteiger partial charge in [-0.25, -0.2) is 9.97 Å². The topological polar surface area (TPSA) is 122 Å². The lowest BCUT2D eigenvalue weighted by Crippen LogP contribution is -2.36. The van der Waals surface area contributed by atoms with Crippen LogP contribution in [0.2, 0.25) is 0 Å². The lowest BCUT2D eigenvalue weighted by molar-refractivity contribution is 0.0933. The standard InChI is InChI=1S/C34H37N7O3/c1-8-21(13-15-41(5)6)38-34(42)24-12-11-23(22-10-9-14-35-31(22)24)32-30-25-17-28(43-7)26(29-18(2)40-44-19(29)3)16-27(25)39-33(30)37-20(4)36-32/h9-12,14,16-17,21H,8,13,15H2,1-7H3,(H,38,42)(H,36,37,39). The molecule has 0 bridgehead atoms. The van der Waals surface area contributed by atoms with Crippen molar-refractivity contribution in [2.24, 2.45) is 0 Å². The van der Waals surface area contributed by atoms with E-state index < -0.39 is 0 Å². The molecule has 0 saturated heterocycles. The van der Waals surface area contributed by atoms with E-state index in [2.05, 4.69) is 38.3 Å². The number of nitrogens with zero attached hydrogens (tertiary/aromatic N) is 5. The molecule has 1 unspecified atom stereocenters. The van der Waals surface area contributed by atoms with Crippen molar-refractivity contribution in [3.05, 3.63) is 65.4 Å². The van der Waals surface area contributed by atoms with E-state index in [0.29, 0.717) is 28.3 Å². The molecule has 0 radical (unpaired) electrons. The van der Waals surface area contributed by atoms with Gasteiger partial charge in [0.1, 0.15) is 23.0 Å². The third-order valence-electron chi connectivity index (χ3n) is 8.21. The number of nitrogens with one attached hydrogen (secondary N) is 2. The SMILES string of the molecule is CCC(CCN(C)C)NC(=O)c1ccc(-c2nc(C)nc3[nH]c4cc(-c5c(C)noc5C)c(OC)cc4c23)c2cccnc12. The zero-order chi connectivity index (χ0) is 31.1. The van der Waals surface area contributed by atoms with Crippen LogP contribution in [-0.4, -0.2) is 69.7 Å². The number of aryl methyl sites for hydroxylation is 3. The number of fused-ring (bicyclic) bond motifs is 4. The van der Waals surface area contributed by atoms with Crippen molar-refractivity contribution in [2.75, 3.05) is 27.7 Å². The summed E-state index contributed by atoms with van der Waals surface area (Å²) in [6.45, 7) is 8.69. The predicted molar refractivity (Wildman–Crippen MR) is 173 cm³/mol. The number of methoxy groups -OCH3 is 1. The summed E-state index contributed by atoms with van der Waals surface area (Å²) in [5, 5.41) is 10.00. The van der Waals surface area contributed by atoms with E-state index in [9.17, 15) is 4.79 Å². The lowest BCUT2D eigenvalue weighted by Gasteiger charge is -2.20. The van der Waals surface area contributed by atoms with Gasteiger partial charge in [0.05, 0.1) is 40.5 Å². The molecule has 6 rings (SSSR count). The molecule has 4 aromatic heterocycles. The highest BCUT2D eigenvalue weighted by Crippen LogP contribution is 2.42. The van der Waals surface area contributed by atoms with E-state index in [0.717, 1.165) is 74.9 Å². The molecule has 44 heavy (non-hydrogen) atoms. The van der Waals surface area contributed by atoms with Gasteiger partial charge in [-0.2, -0.15) is 0 Å². The number of pyridine rings is 1. The average Bonchev–Trinajstić information content (AvgIpc) is 3.54. The van der Waals surface area contributed by atoms with Crippen LogP contribution in [0.5, 0.6) is 5.75 Å². The summed E-state index contributed by atoms with van der Waals surface area (Å²) in [4.78, 5) is 33.6. The number of H-pyrrole nitrogens is 1. The smallest absolute Gasteiger partial charge is 0.253 e. The highest BCUT2D eigenvalue weighted by atomic mass is 16.5. The number of benzene rings is 2. The second-order valence-corrected chi connectivity index (χ2v) is 11.5. The molecule has 0 spiro atoms. The predicted octanol–water partition coefficient (Wildman–Crippen LogP) is 6.38. The van der Waals surface area contributed by atoms with Crippen molar-refractivity contribution in [2.45, 2.75) is 46.6 Å². The number of carbonyl (C=O) groups excluding carboxylic acids is 1. The Hall–Kier alpha value is -4.83. The van der Waals surface area contributed by atoms with Gasteiger partial charge in [0.25, 0.3) is 5.91 Å². The van der Waals surface area contributed by atoms with Gasteiger partial charge in [0.15, 0.2) is 0 Å². The highest BCUT2D eigenvalue weighted by Gasteiger charge is 2.23. The number of aromatic nitrogens is 5. The van der Waals surface area contributed by atoms with Crippen LogP contribution in [0.25, 0.3) is 55.2 Å². The Balaban J connectivity index is 1.51. The maximum Gasteiger partial charge on any atom is 0.253 e. The number of hydrogen-bond donors (Lipinski definition) is 2. The van der Waals surface area contributed by atoms with Crippen molar-refractivity contribution >= 4 is 38.7 Å². The molecule has 4 heterocycles. The van der Waals surface area contributed by atoms with Crippen molar-refractivity contribution in [3.63, 3.8) is 0 Å². The fourth-order valence-electron chi connectivity index (χ4n) is 5.98. The fraction of sp³-hybridized carbons (Fsp3) is 0.324. The first-order chi connectivity index (χ1) is 21.2. The number of carbonyl (C=O) groups is 1. The Morgan fingerprint density at radius 3 is 2.61 bits per heavy atom. The summed E-state index contributed by atoms with van der Waals surface area (Å²) >= 11 is 0. The molecule has 2 aromatic carbocycles. The Kier molecular flexibility index (Phi) is 7.77. The van der Waals surface area contributed by atoms with E-state index in [-0.39, 0.29) is 11.9 Å². The fourth-order valence-corrected chi connectivity index (χ4v) is 5.98. The molecule has 0 aliphatic rings. The maximum absolute atomic E-state index is 13.5. The van der Waals surface area contributed by atoms with Gasteiger partial charge in [-0.15, -0.1) is 0 Å². The van der Waals surface area contributed by atoms with Crippen LogP contribution in [0.4, 0.5) is 0 Å². The molecular weight excluding hydrogens is 554 g/mol. The number of rotatable bonds is 9. The minimum Gasteiger partial charge on any atom is -0.496 e. The van der Waals surface area contributed by atoms with Gasteiger partial charge in [0, 0.05) is 39.7 Å². The van der Waals surface area contributed by atoms with Crippen molar-refractivity contribution in [1.29, 1.82) is 0 Å². The molecular formula is C34H37N7O3. The molecule has 0 saturated carbocycles. The molecule has 2 N–H and O–H groups in total. The molecule has 1 amide bonds. The Bertz CT molecular complexity index is 2010. The van der Waals surface area contributed by atoms with Crippen LogP contribution >= 0.6 is 0 Å². The number of hydrogen-bond acceptors (Lipinski definition) is 8. The van der Waals surface area contributed by atoms with Crippen molar-refractivity contribution < 1.29 is 14.1 Å². The van der Waals surface area contributed by atoms with E-state index in [1.165, 1.54) is 0 Å². The first kappa shape index (κ1) is 29.3. The lowest BCUT2D eigenvalue weighted by atomic mass is 9.97. The van der Waals surface area contributed by atoms with Gasteiger partial charge in [-0.3, -0.25) is 9.78 Å². The summed E-state index contributed by atoms with van der Waals surface area (Å²) < 4.78 is 11.3. The van der Waals surface area contributed by atoms with Crippen LogP contribution in [-0.2, 0) is 0 Å². The average molecular weight is 592 g/mol. The molecule has 1 atom stereocenters. The summed E-state index contributed by atoms with van der Waals surface area (Å²) in [5.74, 6) is 1.91. The molecule has 0 aliphatic heterocycles. The van der Waals surface area contributed by atoms with Crippen molar-refractivity contribution in [3.8, 4) is 28.1 Å². The zero-order valence-electron chi connectivity index (χ0n) is 26.2. The number of ether oxygens (including phenoxy) is 1. The normalized spacial score (nSPS) is 12.5. The Morgan fingerprint density at radius 1 is 1.09 bits per heavy atom. The van der Waals surface area contributed by atoms with Crippen LogP contribution in [0.3, 0.4) is 0 Å². The third-order valence-corrected chi connectivity index (χ3v) is 8.21. The monoisotopic (exact) mass is 591 g/mol. The molecule has 226 valence electrons.